The number of hydrogen-bond donors (Lipinski definition) is 0. The summed E-state index contributed by atoms with van der Waals surface area (Å²) in [5.41, 5.74) is 1.60. The molecular formula is C21H21NO5. The quantitative estimate of drug-likeness (QED) is 0.549. The molecule has 0 atom stereocenters. The van der Waals surface area contributed by atoms with E-state index in [-0.39, 0.29) is 11.6 Å². The lowest BCUT2D eigenvalue weighted by molar-refractivity contribution is -0.129. The van der Waals surface area contributed by atoms with E-state index in [4.69, 9.17) is 18.9 Å². The summed E-state index contributed by atoms with van der Waals surface area (Å²) in [4.78, 5) is 16.6. The highest BCUT2D eigenvalue weighted by atomic mass is 16.6. The van der Waals surface area contributed by atoms with Crippen LogP contribution < -0.4 is 14.2 Å². The number of esters is 1. The van der Waals surface area contributed by atoms with Gasteiger partial charge in [0.05, 0.1) is 25.9 Å². The van der Waals surface area contributed by atoms with Crippen molar-refractivity contribution in [3.05, 3.63) is 59.3 Å². The van der Waals surface area contributed by atoms with Crippen molar-refractivity contribution in [1.29, 1.82) is 0 Å². The minimum absolute atomic E-state index is 0.211. The molecule has 0 N–H and O–H groups in total. The van der Waals surface area contributed by atoms with E-state index in [0.29, 0.717) is 36.0 Å². The molecular weight excluding hydrogens is 346 g/mol. The summed E-state index contributed by atoms with van der Waals surface area (Å²) in [6.45, 7) is 4.87. The summed E-state index contributed by atoms with van der Waals surface area (Å²) in [7, 11) is 1.56. The number of rotatable bonds is 7. The van der Waals surface area contributed by atoms with E-state index in [1.165, 1.54) is 0 Å². The van der Waals surface area contributed by atoms with Gasteiger partial charge in [-0.05, 0) is 49.8 Å². The Morgan fingerprint density at radius 3 is 2.48 bits per heavy atom. The monoisotopic (exact) mass is 367 g/mol. The molecule has 3 rings (SSSR count). The number of hydrogen-bond acceptors (Lipinski definition) is 6. The normalized spacial score (nSPS) is 14.7. The smallest absolute Gasteiger partial charge is 0.363 e. The van der Waals surface area contributed by atoms with Gasteiger partial charge in [0, 0.05) is 0 Å². The molecule has 27 heavy (non-hydrogen) atoms. The molecule has 0 aliphatic carbocycles. The number of methoxy groups -OCH3 is 1. The molecule has 2 aromatic rings. The van der Waals surface area contributed by atoms with Crippen LogP contribution in [0.25, 0.3) is 6.08 Å². The van der Waals surface area contributed by atoms with Crippen molar-refractivity contribution < 1.29 is 23.7 Å². The Hall–Kier alpha value is -3.28. The second kappa shape index (κ2) is 8.40. The molecule has 0 unspecified atom stereocenters. The van der Waals surface area contributed by atoms with Gasteiger partial charge in [-0.2, -0.15) is 0 Å². The highest BCUT2D eigenvalue weighted by Gasteiger charge is 2.26. The van der Waals surface area contributed by atoms with Crippen LogP contribution in [-0.2, 0) is 9.53 Å². The Morgan fingerprint density at radius 2 is 1.74 bits per heavy atom. The Labute approximate surface area is 158 Å². The van der Waals surface area contributed by atoms with E-state index in [1.807, 2.05) is 44.2 Å². The number of ether oxygens (including phenoxy) is 4. The molecule has 0 bridgehead atoms. The first-order chi connectivity index (χ1) is 13.2. The molecule has 1 heterocycles. The molecule has 0 amide bonds. The SMILES string of the molecule is CCOc1ccc(/C=C2\N=C(c3ccccc3OC)OC2=O)cc1OCC. The van der Waals surface area contributed by atoms with Crippen LogP contribution in [0.5, 0.6) is 17.2 Å². The van der Waals surface area contributed by atoms with Gasteiger partial charge in [-0.3, -0.25) is 0 Å². The number of cyclic esters (lactones) is 1. The predicted octanol–water partition coefficient (Wildman–Crippen LogP) is 3.84. The fourth-order valence-electron chi connectivity index (χ4n) is 2.66. The number of carbonyl (C=O) groups is 1. The fraction of sp³-hybridized carbons (Fsp3) is 0.238. The zero-order chi connectivity index (χ0) is 19.2. The predicted molar refractivity (Wildman–Crippen MR) is 102 cm³/mol. The van der Waals surface area contributed by atoms with E-state index < -0.39 is 5.97 Å². The Bertz CT molecular complexity index is 901. The third kappa shape index (κ3) is 4.11. The van der Waals surface area contributed by atoms with Crippen molar-refractivity contribution >= 4 is 17.9 Å². The van der Waals surface area contributed by atoms with E-state index in [1.54, 1.807) is 25.3 Å². The molecule has 0 spiro atoms. The molecule has 1 aliphatic heterocycles. The van der Waals surface area contributed by atoms with Crippen molar-refractivity contribution in [2.24, 2.45) is 4.99 Å². The van der Waals surface area contributed by atoms with Crippen LogP contribution in [0.3, 0.4) is 0 Å². The number of nitrogens with zero attached hydrogens (tertiary/aromatic N) is 1. The van der Waals surface area contributed by atoms with E-state index in [0.717, 1.165) is 5.56 Å². The van der Waals surface area contributed by atoms with Gasteiger partial charge in [-0.25, -0.2) is 9.79 Å². The number of para-hydroxylation sites is 1. The third-order valence-corrected chi connectivity index (χ3v) is 3.83. The maximum Gasteiger partial charge on any atom is 0.363 e. The average Bonchev–Trinajstić information content (AvgIpc) is 3.04. The van der Waals surface area contributed by atoms with Gasteiger partial charge in [-0.1, -0.05) is 18.2 Å². The maximum absolute atomic E-state index is 12.2. The third-order valence-electron chi connectivity index (χ3n) is 3.83. The van der Waals surface area contributed by atoms with Gasteiger partial charge in [0.25, 0.3) is 0 Å². The van der Waals surface area contributed by atoms with Crippen molar-refractivity contribution in [1.82, 2.24) is 0 Å². The van der Waals surface area contributed by atoms with Crippen LogP contribution in [-0.4, -0.2) is 32.2 Å². The number of benzene rings is 2. The Morgan fingerprint density at radius 1 is 1.00 bits per heavy atom. The maximum atomic E-state index is 12.2. The molecule has 140 valence electrons. The first kappa shape index (κ1) is 18.5. The van der Waals surface area contributed by atoms with Crippen molar-refractivity contribution in [2.75, 3.05) is 20.3 Å². The molecule has 2 aromatic carbocycles. The molecule has 0 radical (unpaired) electrons. The van der Waals surface area contributed by atoms with Crippen LogP contribution in [0.15, 0.2) is 53.2 Å². The van der Waals surface area contributed by atoms with Gasteiger partial charge in [0.15, 0.2) is 17.2 Å². The zero-order valence-corrected chi connectivity index (χ0v) is 15.5. The lowest BCUT2D eigenvalue weighted by Gasteiger charge is -2.11. The zero-order valence-electron chi connectivity index (χ0n) is 15.5. The minimum atomic E-state index is -0.511. The summed E-state index contributed by atoms with van der Waals surface area (Å²) in [5.74, 6) is 1.58. The largest absolute Gasteiger partial charge is 0.496 e. The van der Waals surface area contributed by atoms with Crippen LogP contribution in [0.2, 0.25) is 0 Å². The summed E-state index contributed by atoms with van der Waals surface area (Å²) >= 11 is 0. The van der Waals surface area contributed by atoms with Crippen molar-refractivity contribution in [2.45, 2.75) is 13.8 Å². The standard InChI is InChI=1S/C21H21NO5/c1-4-25-18-11-10-14(13-19(18)26-5-2)12-16-21(23)27-20(22-16)15-8-6-7-9-17(15)24-3/h6-13H,4-5H2,1-3H3/b16-12-. The van der Waals surface area contributed by atoms with Crippen molar-refractivity contribution in [3.8, 4) is 17.2 Å². The lowest BCUT2D eigenvalue weighted by atomic mass is 10.1. The second-order valence-electron chi connectivity index (χ2n) is 5.61. The lowest BCUT2D eigenvalue weighted by Crippen LogP contribution is -2.06. The second-order valence-corrected chi connectivity index (χ2v) is 5.61. The number of carbonyl (C=O) groups excluding carboxylic acids is 1. The van der Waals surface area contributed by atoms with Gasteiger partial charge in [-0.15, -0.1) is 0 Å². The average molecular weight is 367 g/mol. The van der Waals surface area contributed by atoms with Crippen LogP contribution >= 0.6 is 0 Å². The van der Waals surface area contributed by atoms with E-state index in [2.05, 4.69) is 4.99 Å². The number of aliphatic imine (C=N–C) groups is 1. The van der Waals surface area contributed by atoms with Crippen LogP contribution in [0, 0.1) is 0 Å². The molecule has 1 aliphatic rings. The van der Waals surface area contributed by atoms with Crippen LogP contribution in [0.4, 0.5) is 0 Å². The highest BCUT2D eigenvalue weighted by molar-refractivity contribution is 6.13. The Kier molecular flexibility index (Phi) is 5.76. The van der Waals surface area contributed by atoms with Crippen LogP contribution in [0.1, 0.15) is 25.0 Å². The summed E-state index contributed by atoms with van der Waals surface area (Å²) in [6, 6.07) is 12.7. The molecule has 0 fully saturated rings. The van der Waals surface area contributed by atoms with Gasteiger partial charge in [0.2, 0.25) is 5.90 Å². The summed E-state index contributed by atoms with van der Waals surface area (Å²) in [5, 5.41) is 0. The molecule has 0 saturated heterocycles. The van der Waals surface area contributed by atoms with Gasteiger partial charge < -0.3 is 18.9 Å². The molecule has 0 saturated carbocycles. The van der Waals surface area contributed by atoms with E-state index >= 15 is 0 Å². The summed E-state index contributed by atoms with van der Waals surface area (Å²) < 4.78 is 21.8. The molecule has 0 aromatic heterocycles. The fourth-order valence-corrected chi connectivity index (χ4v) is 2.66. The first-order valence-corrected chi connectivity index (χ1v) is 8.71. The summed E-state index contributed by atoms with van der Waals surface area (Å²) in [6.07, 6.45) is 1.66. The topological polar surface area (TPSA) is 66.3 Å². The Balaban J connectivity index is 1.93. The molecule has 6 heteroatoms. The highest BCUT2D eigenvalue weighted by Crippen LogP contribution is 2.30. The first-order valence-electron chi connectivity index (χ1n) is 8.71. The van der Waals surface area contributed by atoms with Crippen molar-refractivity contribution in [3.63, 3.8) is 0 Å². The van der Waals surface area contributed by atoms with E-state index in [9.17, 15) is 4.79 Å². The van der Waals surface area contributed by atoms with Gasteiger partial charge in [0.1, 0.15) is 5.75 Å². The molecule has 6 nitrogen and oxygen atoms in total. The van der Waals surface area contributed by atoms with Gasteiger partial charge >= 0.3 is 5.97 Å². The minimum Gasteiger partial charge on any atom is -0.496 e.